The van der Waals surface area contributed by atoms with Crippen molar-refractivity contribution < 1.29 is 19.1 Å². The summed E-state index contributed by atoms with van der Waals surface area (Å²) in [5, 5.41) is 2.90. The van der Waals surface area contributed by atoms with Crippen molar-refractivity contribution in [3.8, 4) is 11.5 Å². The van der Waals surface area contributed by atoms with Crippen LogP contribution in [0.4, 0.5) is 11.4 Å². The topological polar surface area (TPSA) is 67.9 Å². The van der Waals surface area contributed by atoms with Gasteiger partial charge in [-0.1, -0.05) is 35.4 Å². The summed E-state index contributed by atoms with van der Waals surface area (Å²) in [6.45, 7) is 5.00. The minimum absolute atomic E-state index is 0.000884. The number of ether oxygens (including phenoxy) is 2. The lowest BCUT2D eigenvalue weighted by Crippen LogP contribution is -2.39. The van der Waals surface area contributed by atoms with Crippen LogP contribution in [0.25, 0.3) is 0 Å². The fourth-order valence-electron chi connectivity index (χ4n) is 3.48. The number of nitrogens with one attached hydrogen (secondary N) is 1. The highest BCUT2D eigenvalue weighted by Gasteiger charge is 2.25. The van der Waals surface area contributed by atoms with E-state index in [1.165, 1.54) is 5.56 Å². The van der Waals surface area contributed by atoms with Crippen LogP contribution in [0, 0.1) is 13.8 Å². The quantitative estimate of drug-likeness (QED) is 0.549. The molecule has 1 aliphatic heterocycles. The predicted molar refractivity (Wildman–Crippen MR) is 125 cm³/mol. The maximum Gasteiger partial charge on any atom is 0.265 e. The van der Waals surface area contributed by atoms with E-state index in [-0.39, 0.29) is 18.4 Å². The van der Waals surface area contributed by atoms with E-state index in [0.717, 1.165) is 11.3 Å². The Kier molecular flexibility index (Phi) is 6.40. The molecule has 164 valence electrons. The average Bonchev–Trinajstić information content (AvgIpc) is 2.79. The zero-order valence-corrected chi connectivity index (χ0v) is 18.3. The van der Waals surface area contributed by atoms with E-state index >= 15 is 0 Å². The highest BCUT2D eigenvalue weighted by Crippen LogP contribution is 2.34. The molecule has 1 N–H and O–H groups in total. The molecule has 3 aromatic carbocycles. The Morgan fingerprint density at radius 3 is 2.41 bits per heavy atom. The van der Waals surface area contributed by atoms with Gasteiger partial charge in [0.05, 0.1) is 12.3 Å². The standard InChI is InChI=1S/C26H26N2O4/c1-18-4-8-20(9-5-18)26(30)27-21-10-13-24-23(16-21)28(25(29)17-32-24)14-3-15-31-22-11-6-19(2)7-12-22/h4-13,16H,3,14-15,17H2,1-2H3,(H,27,30). The molecule has 0 saturated carbocycles. The summed E-state index contributed by atoms with van der Waals surface area (Å²) in [7, 11) is 0. The molecule has 4 rings (SSSR count). The maximum atomic E-state index is 12.6. The van der Waals surface area contributed by atoms with E-state index in [1.807, 2.05) is 50.2 Å². The number of hydrogen-bond acceptors (Lipinski definition) is 4. The maximum absolute atomic E-state index is 12.6. The third-order valence-corrected chi connectivity index (χ3v) is 5.29. The van der Waals surface area contributed by atoms with Crippen LogP contribution in [0.2, 0.25) is 0 Å². The summed E-state index contributed by atoms with van der Waals surface area (Å²) in [6.07, 6.45) is 0.666. The average molecular weight is 431 g/mol. The van der Waals surface area contributed by atoms with E-state index in [0.29, 0.717) is 42.3 Å². The number of benzene rings is 3. The first-order valence-corrected chi connectivity index (χ1v) is 10.6. The van der Waals surface area contributed by atoms with Gasteiger partial charge in [0, 0.05) is 17.8 Å². The second-order valence-corrected chi connectivity index (χ2v) is 7.85. The Hall–Kier alpha value is -3.80. The number of carbonyl (C=O) groups is 2. The van der Waals surface area contributed by atoms with Gasteiger partial charge in [-0.3, -0.25) is 9.59 Å². The van der Waals surface area contributed by atoms with E-state index in [4.69, 9.17) is 9.47 Å². The largest absolute Gasteiger partial charge is 0.494 e. The first-order valence-electron chi connectivity index (χ1n) is 10.6. The van der Waals surface area contributed by atoms with Gasteiger partial charge < -0.3 is 19.7 Å². The van der Waals surface area contributed by atoms with Crippen molar-refractivity contribution in [3.05, 3.63) is 83.4 Å². The lowest BCUT2D eigenvalue weighted by molar-refractivity contribution is -0.121. The molecule has 32 heavy (non-hydrogen) atoms. The molecule has 0 aromatic heterocycles. The highest BCUT2D eigenvalue weighted by molar-refractivity contribution is 6.05. The van der Waals surface area contributed by atoms with E-state index in [9.17, 15) is 9.59 Å². The molecule has 3 aromatic rings. The van der Waals surface area contributed by atoms with Gasteiger partial charge in [-0.25, -0.2) is 0 Å². The zero-order valence-electron chi connectivity index (χ0n) is 18.3. The summed E-state index contributed by atoms with van der Waals surface area (Å²) < 4.78 is 11.4. The third kappa shape index (κ3) is 5.09. The van der Waals surface area contributed by atoms with Crippen molar-refractivity contribution in [2.75, 3.05) is 30.0 Å². The van der Waals surface area contributed by atoms with Crippen LogP contribution < -0.4 is 19.7 Å². The van der Waals surface area contributed by atoms with E-state index in [1.54, 1.807) is 35.2 Å². The van der Waals surface area contributed by atoms with Gasteiger partial charge in [0.2, 0.25) is 0 Å². The van der Waals surface area contributed by atoms with Crippen molar-refractivity contribution in [2.24, 2.45) is 0 Å². The molecular weight excluding hydrogens is 404 g/mol. The number of rotatable bonds is 7. The van der Waals surface area contributed by atoms with Crippen molar-refractivity contribution in [1.82, 2.24) is 0 Å². The fraction of sp³-hybridized carbons (Fsp3) is 0.231. The van der Waals surface area contributed by atoms with Gasteiger partial charge in [0.1, 0.15) is 11.5 Å². The molecule has 0 spiro atoms. The molecule has 0 saturated heterocycles. The molecule has 1 aliphatic rings. The summed E-state index contributed by atoms with van der Waals surface area (Å²) in [4.78, 5) is 26.8. The molecule has 0 fully saturated rings. The molecule has 0 aliphatic carbocycles. The smallest absolute Gasteiger partial charge is 0.265 e. The predicted octanol–water partition coefficient (Wildman–Crippen LogP) is 4.75. The molecule has 2 amide bonds. The molecule has 0 radical (unpaired) electrons. The monoisotopic (exact) mass is 430 g/mol. The third-order valence-electron chi connectivity index (χ3n) is 5.29. The van der Waals surface area contributed by atoms with Crippen molar-refractivity contribution in [2.45, 2.75) is 20.3 Å². The Labute approximate surface area is 187 Å². The normalized spacial score (nSPS) is 12.7. The first kappa shape index (κ1) is 21.4. The molecular formula is C26H26N2O4. The highest BCUT2D eigenvalue weighted by atomic mass is 16.5. The summed E-state index contributed by atoms with van der Waals surface area (Å²) in [6, 6.07) is 20.6. The van der Waals surface area contributed by atoms with Crippen LogP contribution in [0.5, 0.6) is 11.5 Å². The van der Waals surface area contributed by atoms with Crippen LogP contribution >= 0.6 is 0 Å². The molecule has 1 heterocycles. The summed E-state index contributed by atoms with van der Waals surface area (Å²) in [5.74, 6) is 1.11. The van der Waals surface area contributed by atoms with Crippen LogP contribution in [0.15, 0.2) is 66.7 Å². The van der Waals surface area contributed by atoms with Crippen molar-refractivity contribution in [3.63, 3.8) is 0 Å². The first-order chi connectivity index (χ1) is 15.5. The van der Waals surface area contributed by atoms with Gasteiger partial charge in [-0.2, -0.15) is 0 Å². The van der Waals surface area contributed by atoms with Crippen molar-refractivity contribution >= 4 is 23.2 Å². The number of amides is 2. The molecule has 0 unspecified atom stereocenters. The zero-order chi connectivity index (χ0) is 22.5. The fourth-order valence-corrected chi connectivity index (χ4v) is 3.48. The van der Waals surface area contributed by atoms with Crippen molar-refractivity contribution in [1.29, 1.82) is 0 Å². The van der Waals surface area contributed by atoms with Gasteiger partial charge in [0.25, 0.3) is 11.8 Å². The minimum Gasteiger partial charge on any atom is -0.494 e. The second-order valence-electron chi connectivity index (χ2n) is 7.85. The molecule has 0 bridgehead atoms. The molecule has 6 nitrogen and oxygen atoms in total. The Morgan fingerprint density at radius 2 is 1.69 bits per heavy atom. The summed E-state index contributed by atoms with van der Waals surface area (Å²) >= 11 is 0. The van der Waals surface area contributed by atoms with E-state index < -0.39 is 0 Å². The number of nitrogens with zero attached hydrogens (tertiary/aromatic N) is 1. The minimum atomic E-state index is -0.203. The Morgan fingerprint density at radius 1 is 1.00 bits per heavy atom. The van der Waals surface area contributed by atoms with E-state index in [2.05, 4.69) is 5.32 Å². The van der Waals surface area contributed by atoms with Gasteiger partial charge >= 0.3 is 0 Å². The van der Waals surface area contributed by atoms with Crippen LogP contribution in [0.1, 0.15) is 27.9 Å². The Balaban J connectivity index is 1.41. The lowest BCUT2D eigenvalue weighted by atomic mass is 10.1. The number of carbonyl (C=O) groups excluding carboxylic acids is 2. The number of aryl methyl sites for hydroxylation is 2. The number of fused-ring (bicyclic) bond motifs is 1. The molecule has 6 heteroatoms. The van der Waals surface area contributed by atoms with Crippen LogP contribution in [-0.2, 0) is 4.79 Å². The lowest BCUT2D eigenvalue weighted by Gasteiger charge is -2.30. The van der Waals surface area contributed by atoms with Gasteiger partial charge in [-0.05, 0) is 62.7 Å². The van der Waals surface area contributed by atoms with Crippen LogP contribution in [0.3, 0.4) is 0 Å². The molecule has 0 atom stereocenters. The van der Waals surface area contributed by atoms with Crippen LogP contribution in [-0.4, -0.2) is 31.6 Å². The van der Waals surface area contributed by atoms with Gasteiger partial charge in [-0.15, -0.1) is 0 Å². The second kappa shape index (κ2) is 9.56. The SMILES string of the molecule is Cc1ccc(OCCCN2C(=O)COc3ccc(NC(=O)c4ccc(C)cc4)cc32)cc1. The number of hydrogen-bond donors (Lipinski definition) is 1. The van der Waals surface area contributed by atoms with Gasteiger partial charge in [0.15, 0.2) is 6.61 Å². The Bertz CT molecular complexity index is 1110. The number of anilines is 2. The summed E-state index contributed by atoms with van der Waals surface area (Å²) in [5.41, 5.74) is 4.10.